The Labute approximate surface area is 147 Å². The quantitative estimate of drug-likeness (QED) is 0.846. The van der Waals surface area contributed by atoms with Crippen molar-refractivity contribution in [3.05, 3.63) is 53.6 Å². The third-order valence-corrected chi connectivity index (χ3v) is 4.83. The predicted molar refractivity (Wildman–Crippen MR) is 96.4 cm³/mol. The van der Waals surface area contributed by atoms with E-state index in [1.807, 2.05) is 30.3 Å². The molecule has 5 heteroatoms. The number of para-hydroxylation sites is 1. The average Bonchev–Trinajstić information content (AvgIpc) is 3.12. The average molecular weight is 338 g/mol. The zero-order valence-electron chi connectivity index (χ0n) is 14.7. The predicted octanol–water partition coefficient (Wildman–Crippen LogP) is 3.98. The van der Waals surface area contributed by atoms with E-state index in [4.69, 9.17) is 19.3 Å². The van der Waals surface area contributed by atoms with Crippen molar-refractivity contribution in [3.63, 3.8) is 0 Å². The fourth-order valence-electron chi connectivity index (χ4n) is 3.56. The van der Waals surface area contributed by atoms with Gasteiger partial charge in [0, 0.05) is 24.0 Å². The van der Waals surface area contributed by atoms with E-state index in [-0.39, 0.29) is 12.3 Å². The lowest BCUT2D eigenvalue weighted by Crippen LogP contribution is -2.39. The highest BCUT2D eigenvalue weighted by molar-refractivity contribution is 6.02. The zero-order valence-corrected chi connectivity index (χ0v) is 14.7. The summed E-state index contributed by atoms with van der Waals surface area (Å²) in [5.74, 6) is 2.47. The van der Waals surface area contributed by atoms with Gasteiger partial charge in [0.2, 0.25) is 0 Å². The molecule has 2 aliphatic heterocycles. The molecule has 130 valence electrons. The fourth-order valence-corrected chi connectivity index (χ4v) is 3.56. The Hall–Kier alpha value is -2.69. The minimum absolute atomic E-state index is 0.0862. The van der Waals surface area contributed by atoms with E-state index in [2.05, 4.69) is 24.1 Å². The summed E-state index contributed by atoms with van der Waals surface area (Å²) in [7, 11) is 3.36. The number of ether oxygens (including phenoxy) is 3. The third kappa shape index (κ3) is 2.60. The molecule has 4 rings (SSSR count). The van der Waals surface area contributed by atoms with Crippen molar-refractivity contribution >= 4 is 5.71 Å². The van der Waals surface area contributed by atoms with Gasteiger partial charge in [-0.15, -0.1) is 0 Å². The Morgan fingerprint density at radius 2 is 2.00 bits per heavy atom. The molecule has 2 aliphatic rings. The summed E-state index contributed by atoms with van der Waals surface area (Å²) >= 11 is 0. The van der Waals surface area contributed by atoms with Crippen molar-refractivity contribution in [2.45, 2.75) is 32.0 Å². The van der Waals surface area contributed by atoms with E-state index in [0.717, 1.165) is 46.9 Å². The van der Waals surface area contributed by atoms with Crippen molar-refractivity contribution in [1.82, 2.24) is 5.01 Å². The van der Waals surface area contributed by atoms with Gasteiger partial charge >= 0.3 is 0 Å². The summed E-state index contributed by atoms with van der Waals surface area (Å²) < 4.78 is 17.1. The van der Waals surface area contributed by atoms with Crippen LogP contribution in [0.1, 0.15) is 36.9 Å². The lowest BCUT2D eigenvalue weighted by Gasteiger charge is -2.38. The van der Waals surface area contributed by atoms with E-state index in [1.165, 1.54) is 0 Å². The topological polar surface area (TPSA) is 43.3 Å². The highest BCUT2D eigenvalue weighted by atomic mass is 16.5. The summed E-state index contributed by atoms with van der Waals surface area (Å²) in [6, 6.07) is 14.3. The summed E-state index contributed by atoms with van der Waals surface area (Å²) in [6.45, 7) is 2.11. The molecule has 0 unspecified atom stereocenters. The van der Waals surface area contributed by atoms with Crippen LogP contribution in [0.15, 0.2) is 47.6 Å². The smallest absolute Gasteiger partial charge is 0.187 e. The van der Waals surface area contributed by atoms with E-state index in [9.17, 15) is 0 Å². The Kier molecular flexibility index (Phi) is 3.99. The Bertz CT molecular complexity index is 818. The number of hydrogen-bond acceptors (Lipinski definition) is 5. The van der Waals surface area contributed by atoms with Crippen LogP contribution >= 0.6 is 0 Å². The van der Waals surface area contributed by atoms with Crippen molar-refractivity contribution in [2.75, 3.05) is 14.2 Å². The lowest BCUT2D eigenvalue weighted by molar-refractivity contribution is -0.0206. The molecule has 0 aliphatic carbocycles. The first kappa shape index (κ1) is 15.8. The molecule has 0 fully saturated rings. The van der Waals surface area contributed by atoms with Crippen molar-refractivity contribution in [3.8, 4) is 17.2 Å². The number of benzene rings is 2. The first-order chi connectivity index (χ1) is 12.2. The molecule has 2 heterocycles. The molecule has 25 heavy (non-hydrogen) atoms. The zero-order chi connectivity index (χ0) is 17.4. The van der Waals surface area contributed by atoms with Crippen LogP contribution < -0.4 is 14.2 Å². The highest BCUT2D eigenvalue weighted by Crippen LogP contribution is 2.47. The normalized spacial score (nSPS) is 21.1. The summed E-state index contributed by atoms with van der Waals surface area (Å²) in [5.41, 5.74) is 3.28. The van der Waals surface area contributed by atoms with Gasteiger partial charge in [-0.3, -0.25) is 5.01 Å². The first-order valence-electron chi connectivity index (χ1n) is 8.59. The number of rotatable bonds is 4. The van der Waals surface area contributed by atoms with E-state index >= 15 is 0 Å². The number of fused-ring (bicyclic) bond motifs is 3. The van der Waals surface area contributed by atoms with Gasteiger partial charge in [0.1, 0.15) is 5.75 Å². The summed E-state index contributed by atoms with van der Waals surface area (Å²) in [5, 5.41) is 6.98. The maximum absolute atomic E-state index is 6.22. The van der Waals surface area contributed by atoms with Crippen molar-refractivity contribution in [1.29, 1.82) is 0 Å². The Morgan fingerprint density at radius 3 is 2.76 bits per heavy atom. The molecule has 0 bridgehead atoms. The summed E-state index contributed by atoms with van der Waals surface area (Å²) in [6.07, 6.45) is 1.60. The highest BCUT2D eigenvalue weighted by Gasteiger charge is 2.40. The first-order valence-corrected chi connectivity index (χ1v) is 8.59. The molecule has 2 aromatic carbocycles. The fraction of sp³-hybridized carbons (Fsp3) is 0.350. The Morgan fingerprint density at radius 1 is 1.16 bits per heavy atom. The molecule has 2 aromatic rings. The van der Waals surface area contributed by atoms with Crippen LogP contribution in [-0.4, -0.2) is 31.2 Å². The molecule has 0 radical (unpaired) electrons. The van der Waals surface area contributed by atoms with E-state index in [1.54, 1.807) is 14.2 Å². The Balaban J connectivity index is 1.73. The SMILES string of the molecule is CC[C@@H]1Oc2c(OC)cccc2[C@@H]2CC(c3cccc(OC)c3)=NN12. The van der Waals surface area contributed by atoms with E-state index in [0.29, 0.717) is 0 Å². The second-order valence-corrected chi connectivity index (χ2v) is 6.24. The molecule has 0 N–H and O–H groups in total. The van der Waals surface area contributed by atoms with Gasteiger partial charge in [-0.25, -0.2) is 0 Å². The second-order valence-electron chi connectivity index (χ2n) is 6.24. The largest absolute Gasteiger partial charge is 0.497 e. The number of hydrogen-bond donors (Lipinski definition) is 0. The van der Waals surface area contributed by atoms with Crippen LogP contribution in [0, 0.1) is 0 Å². The summed E-state index contributed by atoms with van der Waals surface area (Å²) in [4.78, 5) is 0. The third-order valence-electron chi connectivity index (χ3n) is 4.83. The molecule has 0 saturated heterocycles. The van der Waals surface area contributed by atoms with Crippen molar-refractivity contribution < 1.29 is 14.2 Å². The molecule has 0 amide bonds. The standard InChI is InChI=1S/C20H22N2O3/c1-4-19-22-17(15-9-6-10-18(24-3)20(15)25-19)12-16(21-22)13-7-5-8-14(11-13)23-2/h5-11,17,19H,4,12H2,1-3H3/t17-,19-/m0/s1. The molecule has 5 nitrogen and oxygen atoms in total. The van der Waals surface area contributed by atoms with Crippen LogP contribution in [-0.2, 0) is 0 Å². The minimum Gasteiger partial charge on any atom is -0.497 e. The van der Waals surface area contributed by atoms with Gasteiger partial charge in [-0.1, -0.05) is 31.2 Å². The van der Waals surface area contributed by atoms with E-state index < -0.39 is 0 Å². The van der Waals surface area contributed by atoms with Gasteiger partial charge in [0.15, 0.2) is 17.7 Å². The number of nitrogens with zero attached hydrogens (tertiary/aromatic N) is 2. The molecular formula is C20H22N2O3. The maximum Gasteiger partial charge on any atom is 0.187 e. The molecular weight excluding hydrogens is 316 g/mol. The maximum atomic E-state index is 6.22. The van der Waals surface area contributed by atoms with Crippen LogP contribution in [0.2, 0.25) is 0 Å². The van der Waals surface area contributed by atoms with Crippen LogP contribution in [0.25, 0.3) is 0 Å². The molecule has 0 aromatic heterocycles. The van der Waals surface area contributed by atoms with Gasteiger partial charge in [0.05, 0.1) is 26.0 Å². The van der Waals surface area contributed by atoms with Gasteiger partial charge in [0.25, 0.3) is 0 Å². The minimum atomic E-state index is -0.0862. The number of hydrazone groups is 1. The van der Waals surface area contributed by atoms with Crippen LogP contribution in [0.3, 0.4) is 0 Å². The monoisotopic (exact) mass is 338 g/mol. The van der Waals surface area contributed by atoms with Gasteiger partial charge < -0.3 is 14.2 Å². The lowest BCUT2D eigenvalue weighted by atomic mass is 9.96. The molecule has 2 atom stereocenters. The molecule has 0 spiro atoms. The molecule has 0 saturated carbocycles. The van der Waals surface area contributed by atoms with Crippen LogP contribution in [0.4, 0.5) is 0 Å². The van der Waals surface area contributed by atoms with Crippen molar-refractivity contribution in [2.24, 2.45) is 5.10 Å². The van der Waals surface area contributed by atoms with Gasteiger partial charge in [-0.05, 0) is 18.2 Å². The number of methoxy groups -OCH3 is 2. The van der Waals surface area contributed by atoms with Crippen LogP contribution in [0.5, 0.6) is 17.2 Å². The van der Waals surface area contributed by atoms with Gasteiger partial charge in [-0.2, -0.15) is 5.10 Å². The second kappa shape index (κ2) is 6.31.